The van der Waals surface area contributed by atoms with Gasteiger partial charge in [-0.2, -0.15) is 9.30 Å². The van der Waals surface area contributed by atoms with Crippen molar-refractivity contribution in [2.75, 3.05) is 19.7 Å². The second kappa shape index (κ2) is 9.56. The molecule has 0 aliphatic carbocycles. The number of thiazole rings is 1. The second-order valence-electron chi connectivity index (χ2n) is 7.74. The predicted octanol–water partition coefficient (Wildman–Crippen LogP) is 3.94. The van der Waals surface area contributed by atoms with Gasteiger partial charge in [0, 0.05) is 25.7 Å². The second-order valence-corrected chi connectivity index (χ2v) is 10.7. The molecule has 170 valence electrons. The molecule has 1 aliphatic rings. The summed E-state index contributed by atoms with van der Waals surface area (Å²) in [7, 11) is -1.69. The Morgan fingerprint density at radius 2 is 1.75 bits per heavy atom. The van der Waals surface area contributed by atoms with Gasteiger partial charge in [-0.3, -0.25) is 4.79 Å². The summed E-state index contributed by atoms with van der Waals surface area (Å²) >= 11 is 1.41. The van der Waals surface area contributed by atoms with Gasteiger partial charge in [-0.05, 0) is 56.2 Å². The highest BCUT2D eigenvalue weighted by molar-refractivity contribution is 7.89. The largest absolute Gasteiger partial charge is 0.492 e. The number of carbonyl (C=O) groups is 1. The first-order valence-electron chi connectivity index (χ1n) is 10.8. The van der Waals surface area contributed by atoms with Gasteiger partial charge in [0.15, 0.2) is 4.80 Å². The number of carbonyl (C=O) groups excluding carboxylic acids is 1. The summed E-state index contributed by atoms with van der Waals surface area (Å²) in [5.41, 5.74) is 1.24. The maximum absolute atomic E-state index is 12.9. The van der Waals surface area contributed by atoms with Crippen LogP contribution in [0.5, 0.6) is 5.75 Å². The lowest BCUT2D eigenvalue weighted by Crippen LogP contribution is -2.31. The third-order valence-electron chi connectivity index (χ3n) is 5.59. The molecule has 1 saturated heterocycles. The SMILES string of the molecule is CCOc1cccc2sc(=NC(=O)c3ccc(S(=O)(=O)N4CCCCCC4)cc3)n(C)c12. The first-order chi connectivity index (χ1) is 15.4. The molecule has 3 aromatic rings. The molecule has 1 aliphatic heterocycles. The van der Waals surface area contributed by atoms with E-state index in [2.05, 4.69) is 4.99 Å². The van der Waals surface area contributed by atoms with Gasteiger partial charge < -0.3 is 9.30 Å². The van der Waals surface area contributed by atoms with E-state index in [-0.39, 0.29) is 4.90 Å². The third-order valence-corrected chi connectivity index (χ3v) is 8.60. The summed E-state index contributed by atoms with van der Waals surface area (Å²) in [6.07, 6.45) is 3.88. The first kappa shape index (κ1) is 22.7. The maximum atomic E-state index is 12.9. The Balaban J connectivity index is 1.61. The molecule has 1 aromatic heterocycles. The van der Waals surface area contributed by atoms with Crippen molar-refractivity contribution in [2.45, 2.75) is 37.5 Å². The van der Waals surface area contributed by atoms with Crippen LogP contribution >= 0.6 is 11.3 Å². The van der Waals surface area contributed by atoms with Crippen LogP contribution < -0.4 is 9.54 Å². The average Bonchev–Trinajstić information content (AvgIpc) is 2.97. The molecule has 0 atom stereocenters. The normalized spacial score (nSPS) is 16.2. The molecular formula is C23H27N3O4S2. The van der Waals surface area contributed by atoms with Crippen LogP contribution in [0.3, 0.4) is 0 Å². The Hall–Kier alpha value is -2.49. The standard InChI is InChI=1S/C23H27N3O4S2/c1-3-30-19-9-8-10-20-21(19)25(2)23(31-20)24-22(27)17-11-13-18(14-12-17)32(28,29)26-15-6-4-5-7-16-26/h8-14H,3-7,15-16H2,1-2H3. The molecule has 0 N–H and O–H groups in total. The molecule has 9 heteroatoms. The quantitative estimate of drug-likeness (QED) is 0.562. The molecule has 1 amide bonds. The Morgan fingerprint density at radius 1 is 1.06 bits per heavy atom. The van der Waals surface area contributed by atoms with E-state index in [4.69, 9.17) is 4.74 Å². The summed E-state index contributed by atoms with van der Waals surface area (Å²) in [6.45, 7) is 3.57. The number of sulfonamides is 1. The van der Waals surface area contributed by atoms with Gasteiger partial charge in [-0.1, -0.05) is 30.2 Å². The molecule has 2 heterocycles. The van der Waals surface area contributed by atoms with Crippen molar-refractivity contribution in [3.05, 3.63) is 52.8 Å². The average molecular weight is 474 g/mol. The van der Waals surface area contributed by atoms with Gasteiger partial charge >= 0.3 is 0 Å². The molecule has 32 heavy (non-hydrogen) atoms. The zero-order valence-electron chi connectivity index (χ0n) is 18.3. The topological polar surface area (TPSA) is 81.0 Å². The Morgan fingerprint density at radius 3 is 2.41 bits per heavy atom. The Bertz CT molecular complexity index is 1280. The number of nitrogens with zero attached hydrogens (tertiary/aromatic N) is 3. The van der Waals surface area contributed by atoms with Crippen molar-refractivity contribution in [3.63, 3.8) is 0 Å². The molecular weight excluding hydrogens is 446 g/mol. The van der Waals surface area contributed by atoms with E-state index in [1.54, 1.807) is 4.31 Å². The van der Waals surface area contributed by atoms with Crippen molar-refractivity contribution < 1.29 is 17.9 Å². The molecule has 0 spiro atoms. The highest BCUT2D eigenvalue weighted by Crippen LogP contribution is 2.27. The van der Waals surface area contributed by atoms with Crippen LogP contribution in [-0.2, 0) is 17.1 Å². The van der Waals surface area contributed by atoms with Gasteiger partial charge in [0.25, 0.3) is 5.91 Å². The predicted molar refractivity (Wildman–Crippen MR) is 126 cm³/mol. The minimum Gasteiger partial charge on any atom is -0.492 e. The van der Waals surface area contributed by atoms with Gasteiger partial charge in [-0.25, -0.2) is 8.42 Å². The van der Waals surface area contributed by atoms with Gasteiger partial charge in [0.05, 0.1) is 16.2 Å². The number of hydrogen-bond donors (Lipinski definition) is 0. The zero-order valence-corrected chi connectivity index (χ0v) is 19.9. The van der Waals surface area contributed by atoms with Gasteiger partial charge in [0.1, 0.15) is 11.3 Å². The number of amides is 1. The lowest BCUT2D eigenvalue weighted by atomic mass is 10.2. The highest BCUT2D eigenvalue weighted by Gasteiger charge is 2.25. The van der Waals surface area contributed by atoms with E-state index in [1.165, 1.54) is 35.6 Å². The molecule has 1 fully saturated rings. The van der Waals surface area contributed by atoms with E-state index in [0.29, 0.717) is 30.1 Å². The van der Waals surface area contributed by atoms with E-state index in [1.807, 2.05) is 36.7 Å². The highest BCUT2D eigenvalue weighted by atomic mass is 32.2. The van der Waals surface area contributed by atoms with Gasteiger partial charge in [0.2, 0.25) is 10.0 Å². The van der Waals surface area contributed by atoms with Crippen LogP contribution in [-0.4, -0.2) is 42.9 Å². The summed E-state index contributed by atoms with van der Waals surface area (Å²) < 4.78 is 36.0. The Labute approximate surface area is 192 Å². The lowest BCUT2D eigenvalue weighted by Gasteiger charge is -2.19. The number of rotatable bonds is 5. The maximum Gasteiger partial charge on any atom is 0.279 e. The summed E-state index contributed by atoms with van der Waals surface area (Å²) in [4.78, 5) is 17.9. The molecule has 0 unspecified atom stereocenters. The number of aryl methyl sites for hydroxylation is 1. The minimum atomic E-state index is -3.55. The van der Waals surface area contributed by atoms with E-state index >= 15 is 0 Å². The molecule has 0 bridgehead atoms. The number of fused-ring (bicyclic) bond motifs is 1. The fourth-order valence-corrected chi connectivity index (χ4v) is 6.45. The zero-order chi connectivity index (χ0) is 22.7. The lowest BCUT2D eigenvalue weighted by molar-refractivity contribution is 0.0998. The van der Waals surface area contributed by atoms with E-state index in [9.17, 15) is 13.2 Å². The number of benzene rings is 2. The van der Waals surface area contributed by atoms with Crippen molar-refractivity contribution in [1.29, 1.82) is 0 Å². The summed E-state index contributed by atoms with van der Waals surface area (Å²) in [6, 6.07) is 11.9. The van der Waals surface area contributed by atoms with Crippen molar-refractivity contribution in [3.8, 4) is 5.75 Å². The Kier molecular flexibility index (Phi) is 6.78. The van der Waals surface area contributed by atoms with Crippen LogP contribution in [0.2, 0.25) is 0 Å². The molecule has 7 nitrogen and oxygen atoms in total. The number of ether oxygens (including phenoxy) is 1. The molecule has 0 saturated carbocycles. The molecule has 2 aromatic carbocycles. The van der Waals surface area contributed by atoms with Crippen molar-refractivity contribution in [1.82, 2.24) is 8.87 Å². The number of hydrogen-bond acceptors (Lipinski definition) is 5. The third kappa shape index (κ3) is 4.51. The number of aromatic nitrogens is 1. The fourth-order valence-electron chi connectivity index (χ4n) is 3.90. The fraction of sp³-hybridized carbons (Fsp3) is 0.391. The van der Waals surface area contributed by atoms with Crippen LogP contribution in [0.4, 0.5) is 0 Å². The van der Waals surface area contributed by atoms with E-state index in [0.717, 1.165) is 41.6 Å². The molecule has 0 radical (unpaired) electrons. The smallest absolute Gasteiger partial charge is 0.279 e. The number of para-hydroxylation sites is 1. The van der Waals surface area contributed by atoms with Crippen molar-refractivity contribution in [2.24, 2.45) is 12.0 Å². The van der Waals surface area contributed by atoms with Crippen LogP contribution in [0.25, 0.3) is 10.2 Å². The van der Waals surface area contributed by atoms with Crippen LogP contribution in [0, 0.1) is 0 Å². The minimum absolute atomic E-state index is 0.213. The van der Waals surface area contributed by atoms with E-state index < -0.39 is 15.9 Å². The first-order valence-corrected chi connectivity index (χ1v) is 13.1. The van der Waals surface area contributed by atoms with Crippen LogP contribution in [0.1, 0.15) is 43.0 Å². The monoisotopic (exact) mass is 473 g/mol. The van der Waals surface area contributed by atoms with Gasteiger partial charge in [-0.15, -0.1) is 0 Å². The summed E-state index contributed by atoms with van der Waals surface area (Å²) in [5.74, 6) is 0.338. The summed E-state index contributed by atoms with van der Waals surface area (Å²) in [5, 5.41) is 0. The molecule has 4 rings (SSSR count). The van der Waals surface area contributed by atoms with Crippen LogP contribution in [0.15, 0.2) is 52.4 Å². The van der Waals surface area contributed by atoms with Crippen molar-refractivity contribution >= 4 is 37.5 Å².